The lowest BCUT2D eigenvalue weighted by atomic mass is 10.1. The van der Waals surface area contributed by atoms with Gasteiger partial charge in [0, 0.05) is 6.54 Å². The topological polar surface area (TPSA) is 58.6 Å². The SMILES string of the molecule is O=C(CN1C(=O)/C(=C\c2cccc(F)c2)Oc2ccccc21)NCCc1ccccc1. The van der Waals surface area contributed by atoms with Crippen molar-refractivity contribution in [3.05, 3.63) is 102 Å². The third kappa shape index (κ3) is 4.98. The lowest BCUT2D eigenvalue weighted by molar-refractivity contribution is -0.123. The number of rotatable bonds is 6. The van der Waals surface area contributed by atoms with Gasteiger partial charge in [-0.2, -0.15) is 0 Å². The standard InChI is InChI=1S/C25H21FN2O3/c26-20-10-6-9-19(15-20)16-23-25(30)28(21-11-4-5-12-22(21)31-23)17-24(29)27-14-13-18-7-2-1-3-8-18/h1-12,15-16H,13-14,17H2,(H,27,29)/b23-16+. The van der Waals surface area contributed by atoms with Crippen LogP contribution in [0.1, 0.15) is 11.1 Å². The average molecular weight is 416 g/mol. The number of ether oxygens (including phenoxy) is 1. The van der Waals surface area contributed by atoms with Gasteiger partial charge < -0.3 is 10.1 Å². The Morgan fingerprint density at radius 1 is 1.00 bits per heavy atom. The molecule has 0 bridgehead atoms. The monoisotopic (exact) mass is 416 g/mol. The van der Waals surface area contributed by atoms with Gasteiger partial charge in [0.15, 0.2) is 11.5 Å². The van der Waals surface area contributed by atoms with E-state index in [4.69, 9.17) is 4.74 Å². The molecule has 0 atom stereocenters. The molecule has 1 N–H and O–H groups in total. The van der Waals surface area contributed by atoms with Gasteiger partial charge in [0.1, 0.15) is 12.4 Å². The van der Waals surface area contributed by atoms with Crippen LogP contribution >= 0.6 is 0 Å². The first-order valence-electron chi connectivity index (χ1n) is 9.97. The molecule has 31 heavy (non-hydrogen) atoms. The summed E-state index contributed by atoms with van der Waals surface area (Å²) in [7, 11) is 0. The molecular formula is C25H21FN2O3. The molecule has 0 unspecified atom stereocenters. The molecule has 3 aromatic carbocycles. The Kier molecular flexibility index (Phi) is 6.08. The van der Waals surface area contributed by atoms with E-state index in [2.05, 4.69) is 5.32 Å². The number of hydrogen-bond donors (Lipinski definition) is 1. The summed E-state index contributed by atoms with van der Waals surface area (Å²) < 4.78 is 19.3. The van der Waals surface area contributed by atoms with Gasteiger partial charge in [-0.15, -0.1) is 0 Å². The first-order valence-corrected chi connectivity index (χ1v) is 9.97. The minimum absolute atomic E-state index is 0.0291. The van der Waals surface area contributed by atoms with Crippen LogP contribution < -0.4 is 15.0 Å². The van der Waals surface area contributed by atoms with Crippen molar-refractivity contribution in [1.82, 2.24) is 5.32 Å². The number of para-hydroxylation sites is 2. The van der Waals surface area contributed by atoms with Crippen LogP contribution in [0.5, 0.6) is 5.75 Å². The second-order valence-corrected chi connectivity index (χ2v) is 7.11. The Morgan fingerprint density at radius 3 is 2.58 bits per heavy atom. The molecule has 2 amide bonds. The Balaban J connectivity index is 1.50. The maximum absolute atomic E-state index is 13.5. The number of benzene rings is 3. The van der Waals surface area contributed by atoms with Crippen molar-refractivity contribution < 1.29 is 18.7 Å². The Labute approximate surface area is 179 Å². The van der Waals surface area contributed by atoms with Crippen LogP contribution in [0.4, 0.5) is 10.1 Å². The van der Waals surface area contributed by atoms with E-state index in [9.17, 15) is 14.0 Å². The zero-order valence-corrected chi connectivity index (χ0v) is 16.8. The Hall–Kier alpha value is -3.93. The molecule has 1 aliphatic heterocycles. The molecule has 5 nitrogen and oxygen atoms in total. The number of amides is 2. The van der Waals surface area contributed by atoms with Crippen molar-refractivity contribution in [3.8, 4) is 5.75 Å². The van der Waals surface area contributed by atoms with Crippen LogP contribution in [0.2, 0.25) is 0 Å². The van der Waals surface area contributed by atoms with E-state index < -0.39 is 11.7 Å². The fraction of sp³-hybridized carbons (Fsp3) is 0.120. The summed E-state index contributed by atoms with van der Waals surface area (Å²) in [5, 5.41) is 2.86. The summed E-state index contributed by atoms with van der Waals surface area (Å²) in [6, 6.07) is 22.7. The summed E-state index contributed by atoms with van der Waals surface area (Å²) in [5.74, 6) is -0.650. The van der Waals surface area contributed by atoms with Crippen LogP contribution in [0.15, 0.2) is 84.6 Å². The third-order valence-electron chi connectivity index (χ3n) is 4.86. The Bertz CT molecular complexity index is 1130. The van der Waals surface area contributed by atoms with Crippen LogP contribution in [0.3, 0.4) is 0 Å². The van der Waals surface area contributed by atoms with Crippen LogP contribution in [-0.2, 0) is 16.0 Å². The second kappa shape index (κ2) is 9.26. The molecule has 0 saturated carbocycles. The highest BCUT2D eigenvalue weighted by molar-refractivity contribution is 6.12. The van der Waals surface area contributed by atoms with E-state index >= 15 is 0 Å². The molecule has 4 rings (SSSR count). The van der Waals surface area contributed by atoms with Gasteiger partial charge >= 0.3 is 0 Å². The maximum atomic E-state index is 13.5. The molecular weight excluding hydrogens is 395 g/mol. The first kappa shape index (κ1) is 20.3. The quantitative estimate of drug-likeness (QED) is 0.619. The lowest BCUT2D eigenvalue weighted by Crippen LogP contribution is -2.44. The van der Waals surface area contributed by atoms with Gasteiger partial charge in [0.25, 0.3) is 5.91 Å². The van der Waals surface area contributed by atoms with Crippen molar-refractivity contribution in [2.45, 2.75) is 6.42 Å². The van der Waals surface area contributed by atoms with Crippen LogP contribution in [0.25, 0.3) is 6.08 Å². The Morgan fingerprint density at radius 2 is 1.77 bits per heavy atom. The first-order chi connectivity index (χ1) is 15.1. The molecule has 0 saturated heterocycles. The number of halogens is 1. The van der Waals surface area contributed by atoms with E-state index in [1.54, 1.807) is 36.4 Å². The summed E-state index contributed by atoms with van der Waals surface area (Å²) in [6.45, 7) is 0.323. The number of carbonyl (C=O) groups excluding carboxylic acids is 2. The molecule has 3 aromatic rings. The summed E-state index contributed by atoms with van der Waals surface area (Å²) in [6.07, 6.45) is 2.17. The smallest absolute Gasteiger partial charge is 0.294 e. The number of fused-ring (bicyclic) bond motifs is 1. The number of nitrogens with one attached hydrogen (secondary N) is 1. The van der Waals surface area contributed by atoms with Crippen LogP contribution in [-0.4, -0.2) is 24.9 Å². The molecule has 1 aliphatic rings. The van der Waals surface area contributed by atoms with Gasteiger partial charge in [-0.05, 0) is 47.9 Å². The van der Waals surface area contributed by atoms with Crippen molar-refractivity contribution in [2.75, 3.05) is 18.0 Å². The lowest BCUT2D eigenvalue weighted by Gasteiger charge is -2.30. The summed E-state index contributed by atoms with van der Waals surface area (Å²) in [5.41, 5.74) is 2.13. The van der Waals surface area contributed by atoms with Gasteiger partial charge in [-0.3, -0.25) is 14.5 Å². The number of hydrogen-bond acceptors (Lipinski definition) is 3. The number of carbonyl (C=O) groups is 2. The van der Waals surface area contributed by atoms with Gasteiger partial charge in [-0.25, -0.2) is 4.39 Å². The van der Waals surface area contributed by atoms with E-state index in [1.807, 2.05) is 30.3 Å². The van der Waals surface area contributed by atoms with Gasteiger partial charge in [0.05, 0.1) is 5.69 Å². The van der Waals surface area contributed by atoms with Crippen LogP contribution in [0, 0.1) is 5.82 Å². The molecule has 0 fully saturated rings. The molecule has 0 aliphatic carbocycles. The fourth-order valence-corrected chi connectivity index (χ4v) is 3.36. The third-order valence-corrected chi connectivity index (χ3v) is 4.86. The van der Waals surface area contributed by atoms with E-state index in [-0.39, 0.29) is 18.2 Å². The molecule has 6 heteroatoms. The van der Waals surface area contributed by atoms with Gasteiger partial charge in [-0.1, -0.05) is 54.6 Å². The zero-order chi connectivity index (χ0) is 21.6. The van der Waals surface area contributed by atoms with Crippen molar-refractivity contribution in [2.24, 2.45) is 0 Å². The summed E-state index contributed by atoms with van der Waals surface area (Å²) in [4.78, 5) is 27.0. The highest BCUT2D eigenvalue weighted by Crippen LogP contribution is 2.35. The molecule has 156 valence electrons. The number of anilines is 1. The average Bonchev–Trinajstić information content (AvgIpc) is 2.77. The largest absolute Gasteiger partial charge is 0.449 e. The fourth-order valence-electron chi connectivity index (χ4n) is 3.36. The predicted molar refractivity (Wildman–Crippen MR) is 117 cm³/mol. The molecule has 0 radical (unpaired) electrons. The second-order valence-electron chi connectivity index (χ2n) is 7.11. The van der Waals surface area contributed by atoms with E-state index in [0.717, 1.165) is 5.56 Å². The predicted octanol–water partition coefficient (Wildman–Crippen LogP) is 3.95. The highest BCUT2D eigenvalue weighted by atomic mass is 19.1. The van der Waals surface area contributed by atoms with E-state index in [1.165, 1.54) is 23.1 Å². The van der Waals surface area contributed by atoms with Gasteiger partial charge in [0.2, 0.25) is 5.91 Å². The maximum Gasteiger partial charge on any atom is 0.294 e. The molecule has 0 spiro atoms. The molecule has 0 aromatic heterocycles. The minimum Gasteiger partial charge on any atom is -0.449 e. The summed E-state index contributed by atoms with van der Waals surface area (Å²) >= 11 is 0. The highest BCUT2D eigenvalue weighted by Gasteiger charge is 2.31. The molecule has 1 heterocycles. The minimum atomic E-state index is -0.457. The van der Waals surface area contributed by atoms with Crippen molar-refractivity contribution >= 4 is 23.6 Å². The van der Waals surface area contributed by atoms with Crippen molar-refractivity contribution in [3.63, 3.8) is 0 Å². The zero-order valence-electron chi connectivity index (χ0n) is 16.8. The normalized spacial score (nSPS) is 14.2. The number of nitrogens with zero attached hydrogens (tertiary/aromatic N) is 1. The van der Waals surface area contributed by atoms with E-state index in [0.29, 0.717) is 30.0 Å². The van der Waals surface area contributed by atoms with Crippen molar-refractivity contribution in [1.29, 1.82) is 0 Å².